The smallest absolute Gasteiger partial charge is 0.142 e. The van der Waals surface area contributed by atoms with E-state index in [1.807, 2.05) is 30.3 Å². The highest BCUT2D eigenvalue weighted by atomic mass is 16.6. The Hall–Kier alpha value is -1.82. The summed E-state index contributed by atoms with van der Waals surface area (Å²) < 4.78 is 0. The molecular weight excluding hydrogens is 224 g/mol. The van der Waals surface area contributed by atoms with E-state index in [0.717, 1.165) is 43.4 Å². The highest BCUT2D eigenvalue weighted by Gasteiger charge is 2.16. The zero-order chi connectivity index (χ0) is 12.6. The molecule has 0 radical (unpaired) electrons. The average molecular weight is 242 g/mol. The standard InChI is InChI=1S/C15H18N2O/c16-11-14-8-4-5-9-15(10-14)17-18-12-13-6-2-1-3-7-13/h1-3,6-7,14H,4-5,8-10,12H2. The highest BCUT2D eigenvalue weighted by Crippen LogP contribution is 2.21. The van der Waals surface area contributed by atoms with Crippen molar-refractivity contribution in [3.05, 3.63) is 35.9 Å². The van der Waals surface area contributed by atoms with Gasteiger partial charge in [-0.25, -0.2) is 0 Å². The van der Waals surface area contributed by atoms with E-state index in [9.17, 15) is 0 Å². The summed E-state index contributed by atoms with van der Waals surface area (Å²) in [7, 11) is 0. The van der Waals surface area contributed by atoms with Gasteiger partial charge in [-0.1, -0.05) is 41.9 Å². The molecule has 1 aliphatic rings. The fourth-order valence-electron chi connectivity index (χ4n) is 2.17. The number of nitrogens with zero attached hydrogens (tertiary/aromatic N) is 2. The highest BCUT2D eigenvalue weighted by molar-refractivity contribution is 5.84. The summed E-state index contributed by atoms with van der Waals surface area (Å²) in [5, 5.41) is 13.2. The lowest BCUT2D eigenvalue weighted by atomic mass is 10.0. The van der Waals surface area contributed by atoms with E-state index in [0.29, 0.717) is 6.61 Å². The molecule has 3 nitrogen and oxygen atoms in total. The van der Waals surface area contributed by atoms with Crippen molar-refractivity contribution >= 4 is 5.71 Å². The fourth-order valence-corrected chi connectivity index (χ4v) is 2.17. The van der Waals surface area contributed by atoms with Crippen LogP contribution in [0.25, 0.3) is 0 Å². The molecule has 1 unspecified atom stereocenters. The first-order chi connectivity index (χ1) is 8.88. The van der Waals surface area contributed by atoms with Crippen molar-refractivity contribution in [2.75, 3.05) is 0 Å². The first kappa shape index (κ1) is 12.6. The number of nitriles is 1. The van der Waals surface area contributed by atoms with Crippen molar-refractivity contribution in [1.29, 1.82) is 5.26 Å². The molecule has 94 valence electrons. The monoisotopic (exact) mass is 242 g/mol. The number of rotatable bonds is 3. The van der Waals surface area contributed by atoms with Gasteiger partial charge in [-0.3, -0.25) is 0 Å². The fraction of sp³-hybridized carbons (Fsp3) is 0.467. The molecule has 2 rings (SSSR count). The molecule has 1 fully saturated rings. The number of oxime groups is 1. The van der Waals surface area contributed by atoms with Crippen LogP contribution in [0.5, 0.6) is 0 Å². The molecule has 0 aliphatic heterocycles. The molecule has 0 N–H and O–H groups in total. The van der Waals surface area contributed by atoms with E-state index in [-0.39, 0.29) is 5.92 Å². The molecule has 1 aromatic rings. The van der Waals surface area contributed by atoms with E-state index in [4.69, 9.17) is 10.1 Å². The van der Waals surface area contributed by atoms with Crippen LogP contribution in [0.3, 0.4) is 0 Å². The van der Waals surface area contributed by atoms with Crippen molar-refractivity contribution in [1.82, 2.24) is 0 Å². The predicted molar refractivity (Wildman–Crippen MR) is 70.9 cm³/mol. The van der Waals surface area contributed by atoms with E-state index in [1.54, 1.807) is 0 Å². The summed E-state index contributed by atoms with van der Waals surface area (Å²) in [5.41, 5.74) is 2.15. The van der Waals surface area contributed by atoms with Gasteiger partial charge < -0.3 is 4.84 Å². The molecule has 0 heterocycles. The lowest BCUT2D eigenvalue weighted by molar-refractivity contribution is 0.129. The summed E-state index contributed by atoms with van der Waals surface area (Å²) in [6.45, 7) is 0.502. The lowest BCUT2D eigenvalue weighted by Gasteiger charge is -2.05. The average Bonchev–Trinajstić information content (AvgIpc) is 2.65. The topological polar surface area (TPSA) is 45.4 Å². The van der Waals surface area contributed by atoms with Crippen LogP contribution in [-0.4, -0.2) is 5.71 Å². The zero-order valence-electron chi connectivity index (χ0n) is 10.5. The minimum Gasteiger partial charge on any atom is -0.391 e. The SMILES string of the molecule is N#CC1CCCCC(=NOCc2ccccc2)C1. The van der Waals surface area contributed by atoms with Crippen LogP contribution < -0.4 is 0 Å². The van der Waals surface area contributed by atoms with Gasteiger partial charge in [0, 0.05) is 6.42 Å². The van der Waals surface area contributed by atoms with Crippen molar-refractivity contribution in [3.63, 3.8) is 0 Å². The van der Waals surface area contributed by atoms with E-state index in [1.165, 1.54) is 0 Å². The number of hydrogen-bond donors (Lipinski definition) is 0. The van der Waals surface area contributed by atoms with Gasteiger partial charge in [0.05, 0.1) is 17.7 Å². The minimum absolute atomic E-state index is 0.117. The summed E-state index contributed by atoms with van der Waals surface area (Å²) in [6.07, 6.45) is 4.97. The second-order valence-corrected chi connectivity index (χ2v) is 4.69. The maximum Gasteiger partial charge on any atom is 0.142 e. The van der Waals surface area contributed by atoms with Gasteiger partial charge in [-0.2, -0.15) is 5.26 Å². The lowest BCUT2D eigenvalue weighted by Crippen LogP contribution is -2.04. The van der Waals surface area contributed by atoms with Crippen molar-refractivity contribution in [3.8, 4) is 6.07 Å². The van der Waals surface area contributed by atoms with Crippen LogP contribution >= 0.6 is 0 Å². The summed E-state index contributed by atoms with van der Waals surface area (Å²) in [6, 6.07) is 12.3. The van der Waals surface area contributed by atoms with E-state index < -0.39 is 0 Å². The Morgan fingerprint density at radius 2 is 2.11 bits per heavy atom. The van der Waals surface area contributed by atoms with E-state index >= 15 is 0 Å². The molecule has 1 saturated carbocycles. The Bertz CT molecular complexity index is 434. The molecule has 0 aromatic heterocycles. The van der Waals surface area contributed by atoms with Crippen LogP contribution in [0.1, 0.15) is 37.7 Å². The van der Waals surface area contributed by atoms with Gasteiger partial charge in [-0.15, -0.1) is 0 Å². The third-order valence-electron chi connectivity index (χ3n) is 3.20. The van der Waals surface area contributed by atoms with Crippen LogP contribution in [0, 0.1) is 17.2 Å². The summed E-state index contributed by atoms with van der Waals surface area (Å²) in [4.78, 5) is 5.39. The first-order valence-electron chi connectivity index (χ1n) is 6.49. The Labute approximate surface area is 108 Å². The summed E-state index contributed by atoms with van der Waals surface area (Å²) in [5.74, 6) is 0.117. The Kier molecular flexibility index (Phi) is 4.78. The maximum atomic E-state index is 8.99. The van der Waals surface area contributed by atoms with Crippen LogP contribution in [0.15, 0.2) is 35.5 Å². The quantitative estimate of drug-likeness (QED) is 0.599. The van der Waals surface area contributed by atoms with Crippen LogP contribution in [0.2, 0.25) is 0 Å². The molecule has 18 heavy (non-hydrogen) atoms. The van der Waals surface area contributed by atoms with Gasteiger partial charge in [0.1, 0.15) is 6.61 Å². The Morgan fingerprint density at radius 1 is 1.28 bits per heavy atom. The molecular formula is C15H18N2O. The second-order valence-electron chi connectivity index (χ2n) is 4.69. The van der Waals surface area contributed by atoms with Crippen molar-refractivity contribution in [2.24, 2.45) is 11.1 Å². The third-order valence-corrected chi connectivity index (χ3v) is 3.20. The van der Waals surface area contributed by atoms with Crippen LogP contribution in [0.4, 0.5) is 0 Å². The molecule has 0 saturated heterocycles. The molecule has 0 amide bonds. The van der Waals surface area contributed by atoms with Gasteiger partial charge in [0.25, 0.3) is 0 Å². The molecule has 0 bridgehead atoms. The molecule has 3 heteroatoms. The molecule has 1 aromatic carbocycles. The number of benzene rings is 1. The molecule has 0 spiro atoms. The second kappa shape index (κ2) is 6.80. The van der Waals surface area contributed by atoms with E-state index in [2.05, 4.69) is 11.2 Å². The zero-order valence-corrected chi connectivity index (χ0v) is 10.5. The van der Waals surface area contributed by atoms with Gasteiger partial charge >= 0.3 is 0 Å². The van der Waals surface area contributed by atoms with Gasteiger partial charge in [0.2, 0.25) is 0 Å². The van der Waals surface area contributed by atoms with Crippen LogP contribution in [-0.2, 0) is 11.4 Å². The Morgan fingerprint density at radius 3 is 2.89 bits per heavy atom. The normalized spacial score (nSPS) is 22.2. The number of hydrogen-bond acceptors (Lipinski definition) is 3. The first-order valence-corrected chi connectivity index (χ1v) is 6.49. The van der Waals surface area contributed by atoms with Gasteiger partial charge in [-0.05, 0) is 24.8 Å². The third kappa shape index (κ3) is 3.89. The molecule has 1 atom stereocenters. The van der Waals surface area contributed by atoms with Crippen molar-refractivity contribution in [2.45, 2.75) is 38.7 Å². The Balaban J connectivity index is 1.86. The largest absolute Gasteiger partial charge is 0.391 e. The summed E-state index contributed by atoms with van der Waals surface area (Å²) >= 11 is 0. The molecule has 1 aliphatic carbocycles. The predicted octanol–water partition coefficient (Wildman–Crippen LogP) is 3.66. The minimum atomic E-state index is 0.117. The van der Waals surface area contributed by atoms with Crippen molar-refractivity contribution < 1.29 is 4.84 Å². The van der Waals surface area contributed by atoms with Gasteiger partial charge in [0.15, 0.2) is 0 Å². The maximum absolute atomic E-state index is 8.99.